The summed E-state index contributed by atoms with van der Waals surface area (Å²) in [5.74, 6) is -0.339. The Hall–Kier alpha value is -2.17. The number of carbonyl (C=O) groups is 1. The van der Waals surface area contributed by atoms with E-state index in [1.807, 2.05) is 0 Å². The van der Waals surface area contributed by atoms with Crippen LogP contribution in [0.3, 0.4) is 0 Å². The third kappa shape index (κ3) is 13.3. The van der Waals surface area contributed by atoms with Gasteiger partial charge in [0.05, 0.1) is 13.2 Å². The second kappa shape index (κ2) is 18.4. The fourth-order valence-electron chi connectivity index (χ4n) is 3.57. The van der Waals surface area contributed by atoms with Gasteiger partial charge in [0.15, 0.2) is 11.5 Å². The molecule has 0 atom stereocenters. The van der Waals surface area contributed by atoms with Crippen LogP contribution in [0.2, 0.25) is 0 Å². The summed E-state index contributed by atoms with van der Waals surface area (Å²) < 4.78 is 11.6. The number of aromatic hydroxyl groups is 1. The molecule has 2 N–H and O–H groups in total. The van der Waals surface area contributed by atoms with Crippen molar-refractivity contribution in [1.82, 2.24) is 0 Å². The third-order valence-electron chi connectivity index (χ3n) is 5.49. The van der Waals surface area contributed by atoms with Gasteiger partial charge >= 0.3 is 5.97 Å². The molecule has 0 aromatic heterocycles. The van der Waals surface area contributed by atoms with E-state index in [1.165, 1.54) is 70.3 Å². The van der Waals surface area contributed by atoms with Crippen LogP contribution in [0.15, 0.2) is 18.2 Å². The SMILES string of the molecule is CCCCCCCCCOc1cc(/C=C/C(=O)O)cc(OCCCCCCCCC)c1O. The standard InChI is InChI=1S/C27H44O5/c1-3-5-7-9-11-13-15-19-31-24-21-23(17-18-26(28)29)22-25(27(24)30)32-20-16-14-12-10-8-6-4-2/h17-18,21-22,30H,3-16,19-20H2,1-2H3,(H,28,29)/b18-17+. The van der Waals surface area contributed by atoms with E-state index in [1.54, 1.807) is 12.1 Å². The van der Waals surface area contributed by atoms with Gasteiger partial charge in [-0.25, -0.2) is 4.79 Å². The number of rotatable bonds is 20. The molecule has 0 unspecified atom stereocenters. The van der Waals surface area contributed by atoms with E-state index < -0.39 is 5.97 Å². The molecule has 182 valence electrons. The summed E-state index contributed by atoms with van der Waals surface area (Å²) in [4.78, 5) is 10.9. The van der Waals surface area contributed by atoms with E-state index in [0.717, 1.165) is 31.8 Å². The van der Waals surface area contributed by atoms with Crippen molar-refractivity contribution >= 4 is 12.0 Å². The molecular formula is C27H44O5. The molecule has 0 fully saturated rings. The molecule has 32 heavy (non-hydrogen) atoms. The van der Waals surface area contributed by atoms with Crippen LogP contribution >= 0.6 is 0 Å². The van der Waals surface area contributed by atoms with Crippen LogP contribution in [-0.4, -0.2) is 29.4 Å². The number of hydrogen-bond acceptors (Lipinski definition) is 4. The highest BCUT2D eigenvalue weighted by Gasteiger charge is 2.12. The monoisotopic (exact) mass is 448 g/mol. The molecule has 0 bridgehead atoms. The highest BCUT2D eigenvalue weighted by Crippen LogP contribution is 2.38. The fraction of sp³-hybridized carbons (Fsp3) is 0.667. The number of carboxylic acids is 1. The molecule has 5 heteroatoms. The molecule has 0 spiro atoms. The summed E-state index contributed by atoms with van der Waals surface area (Å²) in [6, 6.07) is 3.33. The number of aliphatic carboxylic acids is 1. The molecule has 1 rings (SSSR count). The number of benzene rings is 1. The lowest BCUT2D eigenvalue weighted by molar-refractivity contribution is -0.131. The zero-order valence-corrected chi connectivity index (χ0v) is 20.2. The second-order valence-electron chi connectivity index (χ2n) is 8.48. The molecule has 0 aliphatic heterocycles. The largest absolute Gasteiger partial charge is 0.502 e. The molecule has 0 aliphatic rings. The smallest absolute Gasteiger partial charge is 0.328 e. The maximum Gasteiger partial charge on any atom is 0.328 e. The molecule has 1 aromatic carbocycles. The molecule has 0 radical (unpaired) electrons. The molecule has 0 heterocycles. The molecule has 0 saturated heterocycles. The highest BCUT2D eigenvalue weighted by molar-refractivity contribution is 5.85. The first-order chi connectivity index (χ1) is 15.6. The zero-order chi connectivity index (χ0) is 23.4. The number of unbranched alkanes of at least 4 members (excludes halogenated alkanes) is 12. The Bertz CT molecular complexity index is 612. The van der Waals surface area contributed by atoms with Crippen LogP contribution in [-0.2, 0) is 4.79 Å². The van der Waals surface area contributed by atoms with E-state index >= 15 is 0 Å². The lowest BCUT2D eigenvalue weighted by atomic mass is 10.1. The number of phenolic OH excluding ortho intramolecular Hbond substituents is 1. The van der Waals surface area contributed by atoms with Gasteiger partial charge in [-0.05, 0) is 36.6 Å². The Labute approximate surface area is 194 Å². The van der Waals surface area contributed by atoms with Gasteiger partial charge < -0.3 is 19.7 Å². The van der Waals surface area contributed by atoms with Gasteiger partial charge in [0.25, 0.3) is 0 Å². The Kier molecular flexibility index (Phi) is 16.0. The maximum atomic E-state index is 10.9. The van der Waals surface area contributed by atoms with Crippen molar-refractivity contribution in [3.8, 4) is 17.2 Å². The number of ether oxygens (including phenoxy) is 2. The van der Waals surface area contributed by atoms with Crippen LogP contribution < -0.4 is 9.47 Å². The minimum Gasteiger partial charge on any atom is -0.502 e. The first-order valence-electron chi connectivity index (χ1n) is 12.6. The summed E-state index contributed by atoms with van der Waals surface area (Å²) in [6.07, 6.45) is 19.2. The normalized spacial score (nSPS) is 11.2. The summed E-state index contributed by atoms with van der Waals surface area (Å²) in [6.45, 7) is 5.47. The molecule has 0 saturated carbocycles. The Morgan fingerprint density at radius 3 is 1.56 bits per heavy atom. The topological polar surface area (TPSA) is 76.0 Å². The first-order valence-corrected chi connectivity index (χ1v) is 12.6. The van der Waals surface area contributed by atoms with E-state index in [-0.39, 0.29) is 5.75 Å². The predicted molar refractivity (Wildman–Crippen MR) is 132 cm³/mol. The van der Waals surface area contributed by atoms with Crippen molar-refractivity contribution in [2.45, 2.75) is 104 Å². The molecular weight excluding hydrogens is 404 g/mol. The van der Waals surface area contributed by atoms with Gasteiger partial charge in [-0.3, -0.25) is 0 Å². The van der Waals surface area contributed by atoms with Gasteiger partial charge in [0.1, 0.15) is 0 Å². The molecule has 0 aliphatic carbocycles. The first kappa shape index (κ1) is 27.9. The predicted octanol–water partition coefficient (Wildman–Crippen LogP) is 7.75. The van der Waals surface area contributed by atoms with Crippen LogP contribution in [0.4, 0.5) is 0 Å². The Morgan fingerprint density at radius 1 is 0.750 bits per heavy atom. The van der Waals surface area contributed by atoms with Gasteiger partial charge in [-0.2, -0.15) is 0 Å². The fourth-order valence-corrected chi connectivity index (χ4v) is 3.57. The van der Waals surface area contributed by atoms with Crippen molar-refractivity contribution in [3.63, 3.8) is 0 Å². The van der Waals surface area contributed by atoms with Crippen molar-refractivity contribution in [3.05, 3.63) is 23.8 Å². The van der Waals surface area contributed by atoms with Crippen molar-refractivity contribution in [1.29, 1.82) is 0 Å². The number of carboxylic acid groups (broad SMARTS) is 1. The van der Waals surface area contributed by atoms with Crippen LogP contribution in [0, 0.1) is 0 Å². The van der Waals surface area contributed by atoms with Gasteiger partial charge in [0.2, 0.25) is 5.75 Å². The maximum absolute atomic E-state index is 10.9. The van der Waals surface area contributed by atoms with Crippen LogP contribution in [0.25, 0.3) is 6.08 Å². The van der Waals surface area contributed by atoms with Crippen molar-refractivity contribution < 1.29 is 24.5 Å². The van der Waals surface area contributed by atoms with Gasteiger partial charge in [0, 0.05) is 6.08 Å². The van der Waals surface area contributed by atoms with E-state index in [9.17, 15) is 9.90 Å². The molecule has 1 aromatic rings. The van der Waals surface area contributed by atoms with E-state index in [2.05, 4.69) is 13.8 Å². The van der Waals surface area contributed by atoms with Crippen molar-refractivity contribution in [2.75, 3.05) is 13.2 Å². The summed E-state index contributed by atoms with van der Waals surface area (Å²) in [5.41, 5.74) is 0.634. The van der Waals surface area contributed by atoms with Gasteiger partial charge in [-0.15, -0.1) is 0 Å². The lowest BCUT2D eigenvalue weighted by Gasteiger charge is -2.14. The lowest BCUT2D eigenvalue weighted by Crippen LogP contribution is -2.01. The summed E-state index contributed by atoms with van der Waals surface area (Å²) in [5, 5.41) is 19.5. The highest BCUT2D eigenvalue weighted by atomic mass is 16.5. The quantitative estimate of drug-likeness (QED) is 0.157. The number of hydrogen-bond donors (Lipinski definition) is 2. The Balaban J connectivity index is 2.56. The third-order valence-corrected chi connectivity index (χ3v) is 5.49. The van der Waals surface area contributed by atoms with E-state index in [4.69, 9.17) is 14.6 Å². The van der Waals surface area contributed by atoms with Crippen molar-refractivity contribution in [2.24, 2.45) is 0 Å². The average molecular weight is 449 g/mol. The minimum atomic E-state index is -1.02. The molecule has 5 nitrogen and oxygen atoms in total. The number of phenols is 1. The zero-order valence-electron chi connectivity index (χ0n) is 20.2. The average Bonchev–Trinajstić information content (AvgIpc) is 2.78. The van der Waals surface area contributed by atoms with E-state index in [0.29, 0.717) is 30.3 Å². The molecule has 0 amide bonds. The van der Waals surface area contributed by atoms with Crippen LogP contribution in [0.1, 0.15) is 109 Å². The summed E-state index contributed by atoms with van der Waals surface area (Å²) in [7, 11) is 0. The second-order valence-corrected chi connectivity index (χ2v) is 8.48. The summed E-state index contributed by atoms with van der Waals surface area (Å²) >= 11 is 0. The van der Waals surface area contributed by atoms with Gasteiger partial charge in [-0.1, -0.05) is 90.9 Å². The minimum absolute atomic E-state index is 0.0108. The Morgan fingerprint density at radius 2 is 1.16 bits per heavy atom. The van der Waals surface area contributed by atoms with Crippen LogP contribution in [0.5, 0.6) is 17.2 Å².